The Labute approximate surface area is 128 Å². The van der Waals surface area contributed by atoms with E-state index in [-0.39, 0.29) is 5.41 Å². The van der Waals surface area contributed by atoms with Gasteiger partial charge in [0.05, 0.1) is 16.3 Å². The molecule has 0 aliphatic carbocycles. The van der Waals surface area contributed by atoms with E-state index in [2.05, 4.69) is 48.0 Å². The average Bonchev–Trinajstić information content (AvgIpc) is 2.94. The number of rotatable bonds is 3. The molecule has 0 atom stereocenters. The second-order valence-electron chi connectivity index (χ2n) is 5.90. The van der Waals surface area contributed by atoms with Crippen LogP contribution in [0, 0.1) is 0 Å². The normalized spacial score (nSPS) is 12.0. The Hall–Kier alpha value is -1.88. The molecule has 0 unspecified atom stereocenters. The molecule has 3 rings (SSSR count). The second-order valence-corrected chi connectivity index (χ2v) is 6.89. The molecular formula is C16H17N3OS. The van der Waals surface area contributed by atoms with E-state index < -0.39 is 0 Å². The van der Waals surface area contributed by atoms with Crippen molar-refractivity contribution in [1.29, 1.82) is 0 Å². The fourth-order valence-electron chi connectivity index (χ4n) is 1.88. The van der Waals surface area contributed by atoms with Crippen LogP contribution in [0.15, 0.2) is 45.9 Å². The monoisotopic (exact) mass is 299 g/mol. The Kier molecular flexibility index (Phi) is 3.68. The summed E-state index contributed by atoms with van der Waals surface area (Å²) in [4.78, 5) is 9.06. The summed E-state index contributed by atoms with van der Waals surface area (Å²) in [7, 11) is 0. The maximum Gasteiger partial charge on any atom is 0.232 e. The van der Waals surface area contributed by atoms with Gasteiger partial charge in [0.15, 0.2) is 5.82 Å². The van der Waals surface area contributed by atoms with Crippen LogP contribution >= 0.6 is 11.8 Å². The van der Waals surface area contributed by atoms with Gasteiger partial charge in [-0.25, -0.2) is 4.98 Å². The Morgan fingerprint density at radius 2 is 1.86 bits per heavy atom. The molecule has 0 spiro atoms. The Morgan fingerprint density at radius 1 is 1.05 bits per heavy atom. The highest BCUT2D eigenvalue weighted by Crippen LogP contribution is 2.24. The van der Waals surface area contributed by atoms with E-state index in [1.54, 1.807) is 11.8 Å². The third-order valence-electron chi connectivity index (χ3n) is 3.03. The first-order chi connectivity index (χ1) is 10.0. The summed E-state index contributed by atoms with van der Waals surface area (Å²) in [6, 6.07) is 12.2. The molecule has 4 nitrogen and oxygen atoms in total. The van der Waals surface area contributed by atoms with Crippen molar-refractivity contribution in [2.24, 2.45) is 0 Å². The molecule has 0 aliphatic heterocycles. The third kappa shape index (κ3) is 3.24. The molecule has 0 saturated heterocycles. The third-order valence-corrected chi connectivity index (χ3v) is 3.96. The van der Waals surface area contributed by atoms with E-state index in [4.69, 9.17) is 4.52 Å². The number of aromatic nitrogens is 3. The van der Waals surface area contributed by atoms with Crippen molar-refractivity contribution in [3.63, 3.8) is 0 Å². The first-order valence-corrected chi connectivity index (χ1v) is 7.82. The number of thioether (sulfide) groups is 1. The van der Waals surface area contributed by atoms with Gasteiger partial charge in [-0.2, -0.15) is 4.98 Å². The molecule has 2 heterocycles. The first kappa shape index (κ1) is 14.1. The van der Waals surface area contributed by atoms with Crippen LogP contribution in [0.25, 0.3) is 10.9 Å². The average molecular weight is 299 g/mol. The molecular weight excluding hydrogens is 282 g/mol. The van der Waals surface area contributed by atoms with Gasteiger partial charge in [-0.3, -0.25) is 0 Å². The molecule has 0 N–H and O–H groups in total. The predicted molar refractivity (Wildman–Crippen MR) is 84.3 cm³/mol. The van der Waals surface area contributed by atoms with E-state index in [1.165, 1.54) is 0 Å². The zero-order chi connectivity index (χ0) is 14.9. The minimum absolute atomic E-state index is 0.114. The van der Waals surface area contributed by atoms with E-state index in [0.717, 1.165) is 15.9 Å². The summed E-state index contributed by atoms with van der Waals surface area (Å²) >= 11 is 1.62. The molecule has 108 valence electrons. The van der Waals surface area contributed by atoms with Gasteiger partial charge in [-0.05, 0) is 12.1 Å². The van der Waals surface area contributed by atoms with Gasteiger partial charge in [0.25, 0.3) is 0 Å². The lowest BCUT2D eigenvalue weighted by atomic mass is 9.97. The summed E-state index contributed by atoms with van der Waals surface area (Å²) in [5.41, 5.74) is 0.892. The fraction of sp³-hybridized carbons (Fsp3) is 0.312. The van der Waals surface area contributed by atoms with E-state index in [0.29, 0.717) is 17.5 Å². The molecule has 0 bridgehead atoms. The highest BCUT2D eigenvalue weighted by molar-refractivity contribution is 7.98. The Bertz CT molecular complexity index is 761. The maximum atomic E-state index is 5.29. The lowest BCUT2D eigenvalue weighted by Crippen LogP contribution is -2.11. The number of pyridine rings is 1. The van der Waals surface area contributed by atoms with Crippen molar-refractivity contribution in [3.05, 3.63) is 48.1 Å². The van der Waals surface area contributed by atoms with Crippen LogP contribution in [0.2, 0.25) is 0 Å². The van der Waals surface area contributed by atoms with Gasteiger partial charge < -0.3 is 4.52 Å². The minimum atomic E-state index is -0.114. The van der Waals surface area contributed by atoms with Crippen LogP contribution < -0.4 is 0 Å². The zero-order valence-electron chi connectivity index (χ0n) is 12.3. The number of fused-ring (bicyclic) bond motifs is 1. The maximum absolute atomic E-state index is 5.29. The lowest BCUT2D eigenvalue weighted by molar-refractivity contribution is 0.319. The van der Waals surface area contributed by atoms with E-state index in [1.807, 2.05) is 24.3 Å². The van der Waals surface area contributed by atoms with Gasteiger partial charge in [-0.15, -0.1) is 0 Å². The number of para-hydroxylation sites is 1. The van der Waals surface area contributed by atoms with Gasteiger partial charge in [0, 0.05) is 10.8 Å². The minimum Gasteiger partial charge on any atom is -0.339 e. The highest BCUT2D eigenvalue weighted by Gasteiger charge is 2.21. The summed E-state index contributed by atoms with van der Waals surface area (Å²) in [6.07, 6.45) is 0. The van der Waals surface area contributed by atoms with Gasteiger partial charge >= 0.3 is 0 Å². The summed E-state index contributed by atoms with van der Waals surface area (Å²) in [5.74, 6) is 2.04. The van der Waals surface area contributed by atoms with Crippen molar-refractivity contribution in [2.45, 2.75) is 37.0 Å². The largest absolute Gasteiger partial charge is 0.339 e. The second kappa shape index (κ2) is 5.48. The van der Waals surface area contributed by atoms with Crippen molar-refractivity contribution in [2.75, 3.05) is 0 Å². The summed E-state index contributed by atoms with van der Waals surface area (Å²) < 4.78 is 5.29. The van der Waals surface area contributed by atoms with Crippen LogP contribution in [0.3, 0.4) is 0 Å². The lowest BCUT2D eigenvalue weighted by Gasteiger charge is -2.10. The number of benzene rings is 1. The smallest absolute Gasteiger partial charge is 0.232 e. The molecule has 0 amide bonds. The van der Waals surface area contributed by atoms with E-state index in [9.17, 15) is 0 Å². The first-order valence-electron chi connectivity index (χ1n) is 6.84. The Balaban J connectivity index is 1.73. The number of nitrogens with zero attached hydrogens (tertiary/aromatic N) is 3. The standard InChI is InChI=1S/C16H17N3OS/c1-16(2,3)15-18-13(19-20-15)10-21-14-9-8-11-6-4-5-7-12(11)17-14/h4-9H,10H2,1-3H3. The Morgan fingerprint density at radius 3 is 2.62 bits per heavy atom. The molecule has 0 aliphatic rings. The highest BCUT2D eigenvalue weighted by atomic mass is 32.2. The number of hydrogen-bond donors (Lipinski definition) is 0. The zero-order valence-corrected chi connectivity index (χ0v) is 13.1. The molecule has 0 fully saturated rings. The number of hydrogen-bond acceptors (Lipinski definition) is 5. The molecule has 0 saturated carbocycles. The molecule has 2 aromatic heterocycles. The van der Waals surface area contributed by atoms with Gasteiger partial charge in [0.1, 0.15) is 0 Å². The summed E-state index contributed by atoms with van der Waals surface area (Å²) in [6.45, 7) is 6.17. The van der Waals surface area contributed by atoms with Crippen LogP contribution in [0.4, 0.5) is 0 Å². The van der Waals surface area contributed by atoms with Gasteiger partial charge in [0.2, 0.25) is 5.89 Å². The van der Waals surface area contributed by atoms with Crippen LogP contribution in [-0.2, 0) is 11.2 Å². The van der Waals surface area contributed by atoms with Crippen molar-refractivity contribution in [1.82, 2.24) is 15.1 Å². The van der Waals surface area contributed by atoms with Gasteiger partial charge in [-0.1, -0.05) is 62.0 Å². The molecule has 0 radical (unpaired) electrons. The summed E-state index contributed by atoms with van der Waals surface area (Å²) in [5, 5.41) is 6.14. The van der Waals surface area contributed by atoms with E-state index >= 15 is 0 Å². The predicted octanol–water partition coefficient (Wildman–Crippen LogP) is 4.21. The molecule has 1 aromatic carbocycles. The fourth-order valence-corrected chi connectivity index (χ4v) is 2.60. The quantitative estimate of drug-likeness (QED) is 0.678. The molecule has 5 heteroatoms. The van der Waals surface area contributed by atoms with Crippen molar-refractivity contribution >= 4 is 22.7 Å². The SMILES string of the molecule is CC(C)(C)c1nc(CSc2ccc3ccccc3n2)no1. The van der Waals surface area contributed by atoms with Crippen LogP contribution in [0.5, 0.6) is 0 Å². The van der Waals surface area contributed by atoms with Crippen LogP contribution in [-0.4, -0.2) is 15.1 Å². The topological polar surface area (TPSA) is 51.8 Å². The molecule has 21 heavy (non-hydrogen) atoms. The van der Waals surface area contributed by atoms with Crippen molar-refractivity contribution < 1.29 is 4.52 Å². The van der Waals surface area contributed by atoms with Crippen LogP contribution in [0.1, 0.15) is 32.5 Å². The van der Waals surface area contributed by atoms with Crippen molar-refractivity contribution in [3.8, 4) is 0 Å². The molecule has 3 aromatic rings.